The third-order valence-electron chi connectivity index (χ3n) is 5.15. The van der Waals surface area contributed by atoms with Gasteiger partial charge in [-0.1, -0.05) is 41.6 Å². The Kier molecular flexibility index (Phi) is 5.54. The van der Waals surface area contributed by atoms with Crippen molar-refractivity contribution < 1.29 is 4.79 Å². The van der Waals surface area contributed by atoms with E-state index >= 15 is 0 Å². The van der Waals surface area contributed by atoms with Crippen molar-refractivity contribution in [3.8, 4) is 5.69 Å². The van der Waals surface area contributed by atoms with Crippen LogP contribution in [0.1, 0.15) is 33.0 Å². The van der Waals surface area contributed by atoms with Crippen molar-refractivity contribution in [2.45, 2.75) is 30.8 Å². The van der Waals surface area contributed by atoms with Crippen molar-refractivity contribution in [3.63, 3.8) is 0 Å². The number of aryl methyl sites for hydroxylation is 2. The molecular formula is C22H17ClN2O2S3. The van der Waals surface area contributed by atoms with Crippen LogP contribution in [0.15, 0.2) is 52.4 Å². The molecule has 4 aromatic rings. The van der Waals surface area contributed by atoms with Crippen molar-refractivity contribution in [2.24, 2.45) is 0 Å². The molecule has 30 heavy (non-hydrogen) atoms. The standard InChI is InChI=1S/C22H17ClN2O2S3/c23-18-11-10-17(29-18)15(26)12-28-22-24-20-19(14-8-4-5-9-16(14)30-20)21(27)25(22)13-6-2-1-3-7-13/h1-3,6-7,10-11H,4-5,8-9,12H2. The number of thiophene rings is 2. The van der Waals surface area contributed by atoms with Crippen LogP contribution in [0.5, 0.6) is 0 Å². The van der Waals surface area contributed by atoms with Crippen LogP contribution in [0.2, 0.25) is 4.34 Å². The van der Waals surface area contributed by atoms with Crippen LogP contribution in [0.3, 0.4) is 0 Å². The Bertz CT molecular complexity index is 1310. The first kappa shape index (κ1) is 20.0. The van der Waals surface area contributed by atoms with Crippen LogP contribution in [0, 0.1) is 0 Å². The second-order valence-electron chi connectivity index (χ2n) is 7.08. The fourth-order valence-electron chi connectivity index (χ4n) is 3.75. The summed E-state index contributed by atoms with van der Waals surface area (Å²) in [5.74, 6) is 0.184. The van der Waals surface area contributed by atoms with Crippen molar-refractivity contribution >= 4 is 62.0 Å². The van der Waals surface area contributed by atoms with E-state index < -0.39 is 0 Å². The summed E-state index contributed by atoms with van der Waals surface area (Å²) in [5.41, 5.74) is 1.89. The van der Waals surface area contributed by atoms with Gasteiger partial charge in [0.15, 0.2) is 10.9 Å². The highest BCUT2D eigenvalue weighted by Gasteiger charge is 2.23. The maximum atomic E-state index is 13.6. The van der Waals surface area contributed by atoms with Crippen molar-refractivity contribution in [1.29, 1.82) is 0 Å². The monoisotopic (exact) mass is 472 g/mol. The summed E-state index contributed by atoms with van der Waals surface area (Å²) in [6.07, 6.45) is 4.22. The molecule has 3 heterocycles. The number of hydrogen-bond donors (Lipinski definition) is 0. The van der Waals surface area contributed by atoms with Gasteiger partial charge in [0.25, 0.3) is 5.56 Å². The number of thioether (sulfide) groups is 1. The zero-order chi connectivity index (χ0) is 20.7. The third-order valence-corrected chi connectivity index (χ3v) is 8.55. The first-order chi connectivity index (χ1) is 14.6. The van der Waals surface area contributed by atoms with Crippen LogP contribution in [0.25, 0.3) is 15.9 Å². The molecule has 0 radical (unpaired) electrons. The van der Waals surface area contributed by atoms with Gasteiger partial charge in [-0.25, -0.2) is 4.98 Å². The number of carbonyl (C=O) groups excluding carboxylic acids is 1. The summed E-state index contributed by atoms with van der Waals surface area (Å²) in [7, 11) is 0. The third kappa shape index (κ3) is 3.64. The Morgan fingerprint density at radius 1 is 1.10 bits per heavy atom. The van der Waals surface area contributed by atoms with E-state index in [0.717, 1.165) is 41.6 Å². The molecule has 0 saturated heterocycles. The molecule has 0 spiro atoms. The number of aromatic nitrogens is 2. The van der Waals surface area contributed by atoms with Gasteiger partial charge in [-0.15, -0.1) is 22.7 Å². The Hall–Kier alpha value is -1.93. The minimum atomic E-state index is -0.0419. The SMILES string of the molecule is O=C(CSc1nc2sc3c(c2c(=O)n1-c1ccccc1)CCCC3)c1ccc(Cl)s1. The molecule has 5 rings (SSSR count). The zero-order valence-electron chi connectivity index (χ0n) is 15.9. The summed E-state index contributed by atoms with van der Waals surface area (Å²) < 4.78 is 2.25. The van der Waals surface area contributed by atoms with Gasteiger partial charge < -0.3 is 0 Å². The molecule has 0 amide bonds. The number of para-hydroxylation sites is 1. The van der Waals surface area contributed by atoms with E-state index in [1.165, 1.54) is 33.5 Å². The fraction of sp³-hybridized carbons (Fsp3) is 0.227. The highest BCUT2D eigenvalue weighted by atomic mass is 35.5. The molecule has 1 aliphatic carbocycles. The minimum absolute atomic E-state index is 0.0173. The topological polar surface area (TPSA) is 52.0 Å². The number of fused-ring (bicyclic) bond motifs is 3. The molecular weight excluding hydrogens is 456 g/mol. The van der Waals surface area contributed by atoms with Gasteiger partial charge in [0, 0.05) is 4.88 Å². The van der Waals surface area contributed by atoms with Crippen molar-refractivity contribution in [3.05, 3.63) is 72.5 Å². The molecule has 0 N–H and O–H groups in total. The molecule has 0 unspecified atom stereocenters. The quantitative estimate of drug-likeness (QED) is 0.202. The van der Waals surface area contributed by atoms with E-state index in [4.69, 9.17) is 16.6 Å². The van der Waals surface area contributed by atoms with E-state index in [9.17, 15) is 9.59 Å². The second kappa shape index (κ2) is 8.30. The second-order valence-corrected chi connectivity index (χ2v) is 10.8. The van der Waals surface area contributed by atoms with Gasteiger partial charge in [0.2, 0.25) is 0 Å². The number of hydrogen-bond acceptors (Lipinski definition) is 6. The molecule has 0 bridgehead atoms. The lowest BCUT2D eigenvalue weighted by atomic mass is 9.97. The molecule has 152 valence electrons. The highest BCUT2D eigenvalue weighted by Crippen LogP contribution is 2.35. The van der Waals surface area contributed by atoms with Gasteiger partial charge >= 0.3 is 0 Å². The number of rotatable bonds is 5. The molecule has 0 fully saturated rings. The average molecular weight is 473 g/mol. The Balaban J connectivity index is 1.61. The van der Waals surface area contributed by atoms with Crippen LogP contribution in [-0.4, -0.2) is 21.1 Å². The molecule has 0 aliphatic heterocycles. The summed E-state index contributed by atoms with van der Waals surface area (Å²) in [4.78, 5) is 33.8. The fourth-order valence-corrected chi connectivity index (χ4v) is 7.02. The molecule has 1 aromatic carbocycles. The van der Waals surface area contributed by atoms with Crippen molar-refractivity contribution in [1.82, 2.24) is 9.55 Å². The van der Waals surface area contributed by atoms with E-state index in [2.05, 4.69) is 0 Å². The molecule has 0 saturated carbocycles. The largest absolute Gasteiger partial charge is 0.292 e. The number of Topliss-reactive ketones (excluding diaryl/α,β-unsaturated/α-hetero) is 1. The van der Waals surface area contributed by atoms with Gasteiger partial charge in [0.05, 0.1) is 26.0 Å². The smallest absolute Gasteiger partial charge is 0.267 e. The van der Waals surface area contributed by atoms with Gasteiger partial charge in [-0.2, -0.15) is 0 Å². The predicted molar refractivity (Wildman–Crippen MR) is 126 cm³/mol. The Morgan fingerprint density at radius 3 is 2.67 bits per heavy atom. The first-order valence-corrected chi connectivity index (χ1v) is 12.7. The van der Waals surface area contributed by atoms with E-state index in [0.29, 0.717) is 14.4 Å². The molecule has 8 heteroatoms. The highest BCUT2D eigenvalue weighted by molar-refractivity contribution is 7.99. The minimum Gasteiger partial charge on any atom is -0.292 e. The van der Waals surface area contributed by atoms with Crippen LogP contribution in [-0.2, 0) is 12.8 Å². The van der Waals surface area contributed by atoms with Gasteiger partial charge in [-0.3, -0.25) is 14.2 Å². The maximum absolute atomic E-state index is 13.6. The zero-order valence-corrected chi connectivity index (χ0v) is 19.1. The van der Waals surface area contributed by atoms with Crippen LogP contribution >= 0.6 is 46.0 Å². The number of ketones is 1. The van der Waals surface area contributed by atoms with Gasteiger partial charge in [0.1, 0.15) is 4.83 Å². The van der Waals surface area contributed by atoms with E-state index in [-0.39, 0.29) is 17.1 Å². The lowest BCUT2D eigenvalue weighted by Crippen LogP contribution is -2.22. The van der Waals surface area contributed by atoms with Gasteiger partial charge in [-0.05, 0) is 55.5 Å². The number of carbonyl (C=O) groups is 1. The molecule has 1 aliphatic rings. The summed E-state index contributed by atoms with van der Waals surface area (Å²) in [6, 6.07) is 13.0. The predicted octanol–water partition coefficient (Wildman–Crippen LogP) is 6.02. The normalized spacial score (nSPS) is 13.5. The van der Waals surface area contributed by atoms with E-state index in [1.54, 1.807) is 28.0 Å². The number of nitrogens with zero attached hydrogens (tertiary/aromatic N) is 2. The summed E-state index contributed by atoms with van der Waals surface area (Å²) in [6.45, 7) is 0. The number of benzene rings is 1. The molecule has 0 atom stereocenters. The number of halogens is 1. The van der Waals surface area contributed by atoms with Crippen molar-refractivity contribution in [2.75, 3.05) is 5.75 Å². The van der Waals surface area contributed by atoms with E-state index in [1.807, 2.05) is 30.3 Å². The first-order valence-electron chi connectivity index (χ1n) is 9.66. The lowest BCUT2D eigenvalue weighted by Gasteiger charge is -2.13. The summed E-state index contributed by atoms with van der Waals surface area (Å²) >= 11 is 10.2. The van der Waals surface area contributed by atoms with Crippen LogP contribution in [0.4, 0.5) is 0 Å². The maximum Gasteiger partial charge on any atom is 0.267 e. The summed E-state index contributed by atoms with van der Waals surface area (Å²) in [5, 5.41) is 1.30. The van der Waals surface area contributed by atoms with Crippen LogP contribution < -0.4 is 5.56 Å². The lowest BCUT2D eigenvalue weighted by molar-refractivity contribution is 0.102. The molecule has 4 nitrogen and oxygen atoms in total. The Morgan fingerprint density at radius 2 is 1.90 bits per heavy atom. The average Bonchev–Trinajstić information content (AvgIpc) is 3.36. The Labute approximate surface area is 190 Å². The molecule has 3 aromatic heterocycles.